The van der Waals surface area contributed by atoms with Gasteiger partial charge >= 0.3 is 0 Å². The van der Waals surface area contributed by atoms with E-state index in [0.717, 1.165) is 43.1 Å². The summed E-state index contributed by atoms with van der Waals surface area (Å²) in [4.78, 5) is 14.2. The second-order valence-electron chi connectivity index (χ2n) is 9.75. The van der Waals surface area contributed by atoms with Gasteiger partial charge in [0.1, 0.15) is 0 Å². The van der Waals surface area contributed by atoms with Gasteiger partial charge in [-0.25, -0.2) is 0 Å². The van der Waals surface area contributed by atoms with Crippen LogP contribution in [0.5, 0.6) is 0 Å². The normalized spacial score (nSPS) is 29.0. The van der Waals surface area contributed by atoms with Gasteiger partial charge in [0, 0.05) is 18.6 Å². The molecular weight excluding hydrogens is 372 g/mol. The minimum absolute atomic E-state index is 0.188. The molecule has 4 aliphatic rings. The van der Waals surface area contributed by atoms with Crippen LogP contribution in [0.4, 0.5) is 17.8 Å². The van der Waals surface area contributed by atoms with Crippen LogP contribution in [0, 0.1) is 17.8 Å². The lowest BCUT2D eigenvalue weighted by Crippen LogP contribution is -2.55. The highest BCUT2D eigenvalue weighted by Crippen LogP contribution is 2.56. The van der Waals surface area contributed by atoms with Gasteiger partial charge in [-0.1, -0.05) is 43.7 Å². The Morgan fingerprint density at radius 3 is 2.07 bits per heavy atom. The molecule has 6 nitrogen and oxygen atoms in total. The van der Waals surface area contributed by atoms with Gasteiger partial charge in [-0.15, -0.1) is 0 Å². The molecule has 0 spiro atoms. The number of unbranched alkanes of at least 4 members (excludes halogenated alkanes) is 1. The van der Waals surface area contributed by atoms with Crippen LogP contribution in [0.3, 0.4) is 0 Å². The topological polar surface area (TPSA) is 74.8 Å². The highest BCUT2D eigenvalue weighted by molar-refractivity contribution is 5.44. The Hall–Kier alpha value is -2.37. The molecule has 4 aliphatic carbocycles. The maximum absolute atomic E-state index is 4.77. The van der Waals surface area contributed by atoms with E-state index in [-0.39, 0.29) is 5.54 Å². The molecule has 1 aromatic carbocycles. The first-order chi connectivity index (χ1) is 14.7. The van der Waals surface area contributed by atoms with E-state index in [9.17, 15) is 0 Å². The number of hydrogen-bond donors (Lipinski definition) is 3. The molecule has 4 saturated carbocycles. The van der Waals surface area contributed by atoms with Gasteiger partial charge in [-0.05, 0) is 68.3 Å². The van der Waals surface area contributed by atoms with Crippen molar-refractivity contribution in [3.8, 4) is 0 Å². The average Bonchev–Trinajstić information content (AvgIpc) is 2.72. The minimum Gasteiger partial charge on any atom is -0.354 e. The van der Waals surface area contributed by atoms with Crippen molar-refractivity contribution in [3.63, 3.8) is 0 Å². The monoisotopic (exact) mass is 406 g/mol. The first-order valence-corrected chi connectivity index (χ1v) is 11.8. The van der Waals surface area contributed by atoms with Crippen molar-refractivity contribution in [2.24, 2.45) is 17.8 Å². The van der Waals surface area contributed by atoms with Gasteiger partial charge < -0.3 is 16.0 Å². The van der Waals surface area contributed by atoms with Crippen molar-refractivity contribution in [1.29, 1.82) is 0 Å². The van der Waals surface area contributed by atoms with E-state index in [1.54, 1.807) is 0 Å². The Labute approximate surface area is 179 Å². The molecule has 1 heterocycles. The van der Waals surface area contributed by atoms with Crippen molar-refractivity contribution in [2.45, 2.75) is 70.4 Å². The summed E-state index contributed by atoms with van der Waals surface area (Å²) in [6, 6.07) is 10.4. The van der Waals surface area contributed by atoms with E-state index < -0.39 is 0 Å². The maximum Gasteiger partial charge on any atom is 0.229 e. The Bertz CT molecular complexity index is 817. The molecular formula is C24H34N6. The van der Waals surface area contributed by atoms with Crippen LogP contribution in [-0.4, -0.2) is 27.0 Å². The number of hydrogen-bond acceptors (Lipinski definition) is 6. The molecule has 0 radical (unpaired) electrons. The zero-order valence-electron chi connectivity index (χ0n) is 18.0. The summed E-state index contributed by atoms with van der Waals surface area (Å²) >= 11 is 0. The van der Waals surface area contributed by atoms with Crippen LogP contribution >= 0.6 is 0 Å². The summed E-state index contributed by atoms with van der Waals surface area (Å²) < 4.78 is 0. The van der Waals surface area contributed by atoms with Gasteiger partial charge in [0.2, 0.25) is 17.8 Å². The van der Waals surface area contributed by atoms with E-state index in [1.807, 2.05) is 6.07 Å². The average molecular weight is 407 g/mol. The standard InChI is InChI=1S/C24H34N6/c1-2-3-9-25-21-27-22(26-16-17-7-5-4-6-8-17)29-23(28-21)30-24-13-18-10-19(14-24)12-20(11-18)15-24/h4-8,18-20H,2-3,9-16H2,1H3,(H3,25,26,27,28,29,30). The fraction of sp³-hybridized carbons (Fsp3) is 0.625. The molecule has 1 aromatic heterocycles. The molecule has 0 amide bonds. The Balaban J connectivity index is 1.34. The molecule has 160 valence electrons. The zero-order chi connectivity index (χ0) is 20.4. The molecule has 30 heavy (non-hydrogen) atoms. The first-order valence-electron chi connectivity index (χ1n) is 11.8. The van der Waals surface area contributed by atoms with Crippen LogP contribution in [-0.2, 0) is 6.54 Å². The second-order valence-corrected chi connectivity index (χ2v) is 9.75. The third-order valence-electron chi connectivity index (χ3n) is 7.16. The SMILES string of the molecule is CCCCNc1nc(NCc2ccccc2)nc(NC23CC4CC(CC(C4)C2)C3)n1. The van der Waals surface area contributed by atoms with Crippen molar-refractivity contribution in [2.75, 3.05) is 22.5 Å². The maximum atomic E-state index is 4.77. The molecule has 0 atom stereocenters. The van der Waals surface area contributed by atoms with Crippen molar-refractivity contribution in [1.82, 2.24) is 15.0 Å². The van der Waals surface area contributed by atoms with Crippen molar-refractivity contribution < 1.29 is 0 Å². The quantitative estimate of drug-likeness (QED) is 0.505. The largest absolute Gasteiger partial charge is 0.354 e. The molecule has 4 fully saturated rings. The predicted molar refractivity (Wildman–Crippen MR) is 122 cm³/mol. The summed E-state index contributed by atoms with van der Waals surface area (Å²) in [5.41, 5.74) is 1.40. The summed E-state index contributed by atoms with van der Waals surface area (Å²) in [5.74, 6) is 4.71. The third kappa shape index (κ3) is 4.37. The van der Waals surface area contributed by atoms with Crippen molar-refractivity contribution in [3.05, 3.63) is 35.9 Å². The smallest absolute Gasteiger partial charge is 0.229 e. The van der Waals surface area contributed by atoms with Crippen LogP contribution < -0.4 is 16.0 Å². The van der Waals surface area contributed by atoms with Crippen LogP contribution in [0.25, 0.3) is 0 Å². The van der Waals surface area contributed by atoms with Gasteiger partial charge in [0.15, 0.2) is 0 Å². The fourth-order valence-corrected chi connectivity index (χ4v) is 6.24. The van der Waals surface area contributed by atoms with Crippen molar-refractivity contribution >= 4 is 17.8 Å². The van der Waals surface area contributed by atoms with Gasteiger partial charge in [0.05, 0.1) is 0 Å². The number of rotatable bonds is 9. The van der Waals surface area contributed by atoms with E-state index in [1.165, 1.54) is 44.1 Å². The van der Waals surface area contributed by atoms with Gasteiger partial charge in [0.25, 0.3) is 0 Å². The minimum atomic E-state index is 0.188. The Morgan fingerprint density at radius 2 is 1.43 bits per heavy atom. The van der Waals surface area contributed by atoms with E-state index in [0.29, 0.717) is 18.4 Å². The molecule has 3 N–H and O–H groups in total. The van der Waals surface area contributed by atoms with E-state index >= 15 is 0 Å². The van der Waals surface area contributed by atoms with Gasteiger partial charge in [-0.3, -0.25) is 0 Å². The lowest BCUT2D eigenvalue weighted by Gasteiger charge is -2.56. The predicted octanol–water partition coefficient (Wildman–Crippen LogP) is 5.08. The molecule has 0 aliphatic heterocycles. The summed E-state index contributed by atoms with van der Waals surface area (Å²) in [7, 11) is 0. The summed E-state index contributed by atoms with van der Waals surface area (Å²) in [6.45, 7) is 3.79. The lowest BCUT2D eigenvalue weighted by molar-refractivity contribution is 0.0103. The number of benzene rings is 1. The number of anilines is 3. The lowest BCUT2D eigenvalue weighted by atomic mass is 9.53. The zero-order valence-corrected chi connectivity index (χ0v) is 18.0. The number of nitrogens with zero attached hydrogens (tertiary/aromatic N) is 3. The van der Waals surface area contributed by atoms with Crippen LogP contribution in [0.1, 0.15) is 63.9 Å². The number of aromatic nitrogens is 3. The second kappa shape index (κ2) is 8.40. The molecule has 6 rings (SSSR count). The summed E-state index contributed by atoms with van der Waals surface area (Å²) in [5, 5.41) is 10.6. The van der Waals surface area contributed by atoms with Crippen LogP contribution in [0.2, 0.25) is 0 Å². The summed E-state index contributed by atoms with van der Waals surface area (Å²) in [6.07, 6.45) is 10.4. The van der Waals surface area contributed by atoms with Gasteiger partial charge in [-0.2, -0.15) is 15.0 Å². The third-order valence-corrected chi connectivity index (χ3v) is 7.16. The first kappa shape index (κ1) is 19.6. The molecule has 0 saturated heterocycles. The number of nitrogens with one attached hydrogen (secondary N) is 3. The molecule has 4 bridgehead atoms. The van der Waals surface area contributed by atoms with E-state index in [4.69, 9.17) is 9.97 Å². The molecule has 2 aromatic rings. The Morgan fingerprint density at radius 1 is 0.833 bits per heavy atom. The van der Waals surface area contributed by atoms with Crippen LogP contribution in [0.15, 0.2) is 30.3 Å². The fourth-order valence-electron chi connectivity index (χ4n) is 6.24. The Kier molecular flexibility index (Phi) is 5.48. The highest BCUT2D eigenvalue weighted by Gasteiger charge is 2.51. The molecule has 0 unspecified atom stereocenters. The highest BCUT2D eigenvalue weighted by atomic mass is 15.3. The van der Waals surface area contributed by atoms with E-state index in [2.05, 4.69) is 52.1 Å². The molecule has 6 heteroatoms.